The molecule has 0 saturated heterocycles. The molecular formula is C21H15BrO. The highest BCUT2D eigenvalue weighted by Gasteiger charge is 2.04. The van der Waals surface area contributed by atoms with Gasteiger partial charge < -0.3 is 0 Å². The van der Waals surface area contributed by atoms with Crippen LogP contribution in [-0.2, 0) is 0 Å². The highest BCUT2D eigenvalue weighted by atomic mass is 79.9. The lowest BCUT2D eigenvalue weighted by molar-refractivity contribution is 0.104. The molecule has 0 radical (unpaired) electrons. The van der Waals surface area contributed by atoms with Gasteiger partial charge in [0.15, 0.2) is 5.78 Å². The molecule has 0 spiro atoms. The second-order valence-corrected chi connectivity index (χ2v) is 6.11. The van der Waals surface area contributed by atoms with Gasteiger partial charge in [-0.05, 0) is 41.0 Å². The lowest BCUT2D eigenvalue weighted by Crippen LogP contribution is -1.94. The summed E-state index contributed by atoms with van der Waals surface area (Å²) in [5.41, 5.74) is 3.85. The van der Waals surface area contributed by atoms with Crippen molar-refractivity contribution in [2.24, 2.45) is 0 Å². The fourth-order valence-electron chi connectivity index (χ4n) is 2.32. The number of carbonyl (C=O) groups excluding carboxylic acids is 1. The third-order valence-corrected chi connectivity index (χ3v) is 4.08. The minimum absolute atomic E-state index is 0.00528. The predicted molar refractivity (Wildman–Crippen MR) is 99.4 cm³/mol. The second kappa shape index (κ2) is 7.21. The van der Waals surface area contributed by atoms with Crippen LogP contribution in [0, 0.1) is 0 Å². The Hall–Kier alpha value is -2.45. The quantitative estimate of drug-likeness (QED) is 0.410. The zero-order valence-electron chi connectivity index (χ0n) is 12.4. The van der Waals surface area contributed by atoms with Gasteiger partial charge in [-0.2, -0.15) is 0 Å². The van der Waals surface area contributed by atoms with Gasteiger partial charge >= 0.3 is 0 Å². The molecule has 0 fully saturated rings. The largest absolute Gasteiger partial charge is 0.289 e. The van der Waals surface area contributed by atoms with Crippen LogP contribution >= 0.6 is 15.9 Å². The van der Waals surface area contributed by atoms with Crippen molar-refractivity contribution in [3.8, 4) is 11.1 Å². The van der Waals surface area contributed by atoms with E-state index in [1.54, 1.807) is 6.08 Å². The first-order chi connectivity index (χ1) is 11.2. The fraction of sp³-hybridized carbons (Fsp3) is 0. The Balaban J connectivity index is 1.81. The number of carbonyl (C=O) groups is 1. The summed E-state index contributed by atoms with van der Waals surface area (Å²) in [6.07, 6.45) is 3.46. The van der Waals surface area contributed by atoms with Crippen molar-refractivity contribution < 1.29 is 4.79 Å². The van der Waals surface area contributed by atoms with E-state index in [0.29, 0.717) is 5.56 Å². The molecule has 1 nitrogen and oxygen atoms in total. The van der Waals surface area contributed by atoms with E-state index < -0.39 is 0 Å². The Morgan fingerprint density at radius 1 is 0.783 bits per heavy atom. The second-order valence-electron chi connectivity index (χ2n) is 5.20. The first kappa shape index (κ1) is 15.4. The van der Waals surface area contributed by atoms with E-state index in [1.165, 1.54) is 0 Å². The van der Waals surface area contributed by atoms with Gasteiger partial charge in [-0.3, -0.25) is 4.79 Å². The molecule has 0 N–H and O–H groups in total. The van der Waals surface area contributed by atoms with Crippen molar-refractivity contribution >= 4 is 27.8 Å². The molecular weight excluding hydrogens is 348 g/mol. The number of ketones is 1. The highest BCUT2D eigenvalue weighted by molar-refractivity contribution is 9.10. The topological polar surface area (TPSA) is 17.1 Å². The first-order valence-corrected chi connectivity index (χ1v) is 8.15. The average molecular weight is 363 g/mol. The van der Waals surface area contributed by atoms with Crippen LogP contribution in [0.2, 0.25) is 0 Å². The highest BCUT2D eigenvalue weighted by Crippen LogP contribution is 2.20. The summed E-state index contributed by atoms with van der Waals surface area (Å²) >= 11 is 3.40. The summed E-state index contributed by atoms with van der Waals surface area (Å²) < 4.78 is 1.02. The smallest absolute Gasteiger partial charge is 0.185 e. The van der Waals surface area contributed by atoms with Crippen LogP contribution < -0.4 is 0 Å². The molecule has 0 bridgehead atoms. The van der Waals surface area contributed by atoms with Crippen molar-refractivity contribution in [2.75, 3.05) is 0 Å². The van der Waals surface area contributed by atoms with Gasteiger partial charge in [0.25, 0.3) is 0 Å². The maximum absolute atomic E-state index is 12.4. The lowest BCUT2D eigenvalue weighted by Gasteiger charge is -2.03. The van der Waals surface area contributed by atoms with Crippen LogP contribution in [0.1, 0.15) is 15.9 Å². The van der Waals surface area contributed by atoms with Gasteiger partial charge in [0.05, 0.1) is 0 Å². The van der Waals surface area contributed by atoms with Crippen molar-refractivity contribution in [1.82, 2.24) is 0 Å². The fourth-order valence-corrected chi connectivity index (χ4v) is 2.59. The lowest BCUT2D eigenvalue weighted by atomic mass is 10.0. The molecule has 0 unspecified atom stereocenters. The summed E-state index contributed by atoms with van der Waals surface area (Å²) in [5.74, 6) is 0.00528. The number of hydrogen-bond acceptors (Lipinski definition) is 1. The van der Waals surface area contributed by atoms with Crippen LogP contribution in [0.5, 0.6) is 0 Å². The van der Waals surface area contributed by atoms with Gasteiger partial charge in [0.1, 0.15) is 0 Å². The zero-order valence-corrected chi connectivity index (χ0v) is 14.0. The Kier molecular flexibility index (Phi) is 4.84. The van der Waals surface area contributed by atoms with E-state index >= 15 is 0 Å². The molecule has 3 aromatic rings. The summed E-state index contributed by atoms with van der Waals surface area (Å²) in [4.78, 5) is 12.4. The molecule has 0 heterocycles. The number of benzene rings is 3. The maximum atomic E-state index is 12.4. The van der Waals surface area contributed by atoms with Gasteiger partial charge in [-0.1, -0.05) is 82.7 Å². The van der Waals surface area contributed by atoms with E-state index in [-0.39, 0.29) is 5.78 Å². The number of halogens is 1. The molecule has 23 heavy (non-hydrogen) atoms. The van der Waals surface area contributed by atoms with Crippen molar-refractivity contribution in [3.63, 3.8) is 0 Å². The molecule has 0 aromatic heterocycles. The monoisotopic (exact) mass is 362 g/mol. The van der Waals surface area contributed by atoms with Crippen LogP contribution in [-0.4, -0.2) is 5.78 Å². The molecule has 0 atom stereocenters. The zero-order chi connectivity index (χ0) is 16.1. The Bertz CT molecular complexity index is 833. The summed E-state index contributed by atoms with van der Waals surface area (Å²) in [5, 5.41) is 0. The molecule has 0 aliphatic carbocycles. The van der Waals surface area contributed by atoms with Gasteiger partial charge in [0, 0.05) is 10.0 Å². The van der Waals surface area contributed by atoms with E-state index in [1.807, 2.05) is 84.9 Å². The summed E-state index contributed by atoms with van der Waals surface area (Å²) in [6, 6.07) is 25.6. The normalized spacial score (nSPS) is 10.8. The van der Waals surface area contributed by atoms with E-state index in [4.69, 9.17) is 0 Å². The Morgan fingerprint density at radius 2 is 1.48 bits per heavy atom. The molecule has 0 amide bonds. The SMILES string of the molecule is O=C(C=Cc1ccc(Br)cc1)c1cccc(-c2ccccc2)c1. The van der Waals surface area contributed by atoms with Gasteiger partial charge in [-0.15, -0.1) is 0 Å². The molecule has 0 saturated carbocycles. The molecule has 0 aliphatic heterocycles. The molecule has 0 aliphatic rings. The predicted octanol–water partition coefficient (Wildman–Crippen LogP) is 6.01. The van der Waals surface area contributed by atoms with E-state index in [9.17, 15) is 4.79 Å². The average Bonchev–Trinajstić information content (AvgIpc) is 2.62. The third-order valence-electron chi connectivity index (χ3n) is 3.55. The number of rotatable bonds is 4. The van der Waals surface area contributed by atoms with Crippen molar-refractivity contribution in [3.05, 3.63) is 101 Å². The molecule has 112 valence electrons. The van der Waals surface area contributed by atoms with Crippen LogP contribution in [0.4, 0.5) is 0 Å². The Labute approximate surface area is 144 Å². The van der Waals surface area contributed by atoms with Crippen LogP contribution in [0.25, 0.3) is 17.2 Å². The first-order valence-electron chi connectivity index (χ1n) is 7.36. The maximum Gasteiger partial charge on any atom is 0.185 e. The van der Waals surface area contributed by atoms with Crippen LogP contribution in [0.15, 0.2) is 89.4 Å². The summed E-state index contributed by atoms with van der Waals surface area (Å²) in [6.45, 7) is 0. The number of hydrogen-bond donors (Lipinski definition) is 0. The molecule has 3 rings (SSSR count). The molecule has 2 heteroatoms. The van der Waals surface area contributed by atoms with Crippen LogP contribution in [0.3, 0.4) is 0 Å². The molecule has 3 aromatic carbocycles. The van der Waals surface area contributed by atoms with Crippen molar-refractivity contribution in [2.45, 2.75) is 0 Å². The minimum Gasteiger partial charge on any atom is -0.289 e. The third kappa shape index (κ3) is 4.05. The van der Waals surface area contributed by atoms with Gasteiger partial charge in [-0.25, -0.2) is 0 Å². The summed E-state index contributed by atoms with van der Waals surface area (Å²) in [7, 11) is 0. The minimum atomic E-state index is 0.00528. The Morgan fingerprint density at radius 3 is 2.22 bits per heavy atom. The van der Waals surface area contributed by atoms with Crippen molar-refractivity contribution in [1.29, 1.82) is 0 Å². The van der Waals surface area contributed by atoms with E-state index in [0.717, 1.165) is 21.2 Å². The van der Waals surface area contributed by atoms with Gasteiger partial charge in [0.2, 0.25) is 0 Å². The number of allylic oxidation sites excluding steroid dienone is 1. The van der Waals surface area contributed by atoms with E-state index in [2.05, 4.69) is 15.9 Å². The standard InChI is InChI=1S/C21H15BrO/c22-20-12-9-16(10-13-20)11-14-21(23)19-8-4-7-18(15-19)17-5-2-1-3-6-17/h1-15H.